The molecule has 9 heteroatoms. The van der Waals surface area contributed by atoms with Crippen molar-refractivity contribution < 1.29 is 9.13 Å². The number of hydrogen-bond donors (Lipinski definition) is 3. The topological polar surface area (TPSA) is 112 Å². The zero-order chi connectivity index (χ0) is 19.5. The molecule has 1 aliphatic rings. The summed E-state index contributed by atoms with van der Waals surface area (Å²) in [5, 5.41) is 21.9. The van der Waals surface area contributed by atoms with Crippen LogP contribution < -0.4 is 15.4 Å². The number of nitrogens with one attached hydrogen (secondary N) is 3. The van der Waals surface area contributed by atoms with E-state index in [-0.39, 0.29) is 11.5 Å². The lowest BCUT2D eigenvalue weighted by molar-refractivity contribution is 0.199. The summed E-state index contributed by atoms with van der Waals surface area (Å²) in [6.45, 7) is 4.18. The van der Waals surface area contributed by atoms with Gasteiger partial charge in [0.2, 0.25) is 0 Å². The van der Waals surface area contributed by atoms with Crippen molar-refractivity contribution >= 4 is 11.6 Å². The molecule has 1 aliphatic heterocycles. The molecule has 0 unspecified atom stereocenters. The number of ether oxygens (including phenoxy) is 1. The highest BCUT2D eigenvalue weighted by atomic mass is 19.1. The van der Waals surface area contributed by atoms with Crippen LogP contribution in [0.1, 0.15) is 11.3 Å². The summed E-state index contributed by atoms with van der Waals surface area (Å²) in [5.41, 5.74) is 1.83. The van der Waals surface area contributed by atoms with Crippen LogP contribution in [0, 0.1) is 30.0 Å². The smallest absolute Gasteiger partial charge is 0.158 e. The van der Waals surface area contributed by atoms with E-state index in [0.717, 1.165) is 18.7 Å². The second-order valence-electron chi connectivity index (χ2n) is 6.65. The molecule has 4 rings (SSSR count). The molecule has 142 valence electrons. The van der Waals surface area contributed by atoms with Crippen LogP contribution in [-0.2, 0) is 0 Å². The Kier molecular flexibility index (Phi) is 4.87. The van der Waals surface area contributed by atoms with Crippen LogP contribution in [0.25, 0.3) is 11.3 Å². The van der Waals surface area contributed by atoms with Crippen molar-refractivity contribution in [2.24, 2.45) is 5.92 Å². The number of aryl methyl sites for hydroxylation is 1. The molecule has 8 nitrogen and oxygen atoms in total. The van der Waals surface area contributed by atoms with E-state index in [9.17, 15) is 4.39 Å². The van der Waals surface area contributed by atoms with E-state index in [1.54, 1.807) is 6.07 Å². The molecule has 1 saturated heterocycles. The predicted molar refractivity (Wildman–Crippen MR) is 101 cm³/mol. The lowest BCUT2D eigenvalue weighted by Gasteiger charge is -2.27. The Bertz CT molecular complexity index is 1020. The molecule has 3 aromatic rings. The number of H-pyrrole nitrogens is 1. The molecular weight excluding hydrogens is 361 g/mol. The van der Waals surface area contributed by atoms with Crippen molar-refractivity contribution in [1.82, 2.24) is 25.5 Å². The van der Waals surface area contributed by atoms with E-state index in [1.165, 1.54) is 18.5 Å². The Balaban J connectivity index is 1.57. The number of rotatable bonds is 6. The fraction of sp³-hybridized carbons (Fsp3) is 0.263. The summed E-state index contributed by atoms with van der Waals surface area (Å²) in [6.07, 6.45) is 2.79. The van der Waals surface area contributed by atoms with Gasteiger partial charge in [0.05, 0.1) is 30.3 Å². The van der Waals surface area contributed by atoms with Crippen molar-refractivity contribution in [3.63, 3.8) is 0 Å². The third kappa shape index (κ3) is 3.77. The minimum absolute atomic E-state index is 0.221. The van der Waals surface area contributed by atoms with Crippen LogP contribution in [0.15, 0.2) is 30.6 Å². The molecule has 0 atom stereocenters. The van der Waals surface area contributed by atoms with Crippen molar-refractivity contribution in [2.75, 3.05) is 25.0 Å². The van der Waals surface area contributed by atoms with Gasteiger partial charge in [-0.2, -0.15) is 10.4 Å². The average Bonchev–Trinajstić information content (AvgIpc) is 3.08. The Hall–Kier alpha value is -3.51. The molecule has 0 amide bonds. The van der Waals surface area contributed by atoms with Crippen LogP contribution in [0.5, 0.6) is 5.75 Å². The van der Waals surface area contributed by atoms with Crippen molar-refractivity contribution in [3.8, 4) is 23.1 Å². The van der Waals surface area contributed by atoms with Gasteiger partial charge >= 0.3 is 0 Å². The summed E-state index contributed by atoms with van der Waals surface area (Å²) in [6, 6.07) is 6.87. The van der Waals surface area contributed by atoms with Gasteiger partial charge < -0.3 is 15.4 Å². The van der Waals surface area contributed by atoms with Crippen LogP contribution >= 0.6 is 0 Å². The monoisotopic (exact) mass is 379 g/mol. The maximum Gasteiger partial charge on any atom is 0.158 e. The average molecular weight is 379 g/mol. The van der Waals surface area contributed by atoms with Gasteiger partial charge in [0, 0.05) is 25.1 Å². The van der Waals surface area contributed by atoms with E-state index in [0.29, 0.717) is 41.2 Å². The minimum atomic E-state index is -0.380. The van der Waals surface area contributed by atoms with Gasteiger partial charge in [-0.1, -0.05) is 0 Å². The zero-order valence-electron chi connectivity index (χ0n) is 15.2. The fourth-order valence-electron chi connectivity index (χ4n) is 2.85. The highest BCUT2D eigenvalue weighted by Gasteiger charge is 2.21. The predicted octanol–water partition coefficient (Wildman–Crippen LogP) is 2.53. The van der Waals surface area contributed by atoms with Crippen molar-refractivity contribution in [1.29, 1.82) is 5.26 Å². The van der Waals surface area contributed by atoms with Crippen LogP contribution in [0.3, 0.4) is 0 Å². The maximum absolute atomic E-state index is 14.7. The Morgan fingerprint density at radius 2 is 2.11 bits per heavy atom. The largest absolute Gasteiger partial charge is 0.492 e. The highest BCUT2D eigenvalue weighted by Crippen LogP contribution is 2.34. The van der Waals surface area contributed by atoms with Gasteiger partial charge in [-0.15, -0.1) is 0 Å². The van der Waals surface area contributed by atoms with Gasteiger partial charge in [0.15, 0.2) is 11.5 Å². The van der Waals surface area contributed by atoms with Crippen LogP contribution in [0.4, 0.5) is 16.0 Å². The number of hydrogen-bond acceptors (Lipinski definition) is 7. The molecule has 1 fully saturated rings. The van der Waals surface area contributed by atoms with E-state index in [4.69, 9.17) is 10.00 Å². The Morgan fingerprint density at radius 3 is 2.79 bits per heavy atom. The first-order valence-electron chi connectivity index (χ1n) is 8.81. The molecule has 3 N–H and O–H groups in total. The van der Waals surface area contributed by atoms with E-state index >= 15 is 0 Å². The first-order valence-corrected chi connectivity index (χ1v) is 8.81. The number of aromatic nitrogens is 4. The quantitative estimate of drug-likeness (QED) is 0.603. The summed E-state index contributed by atoms with van der Waals surface area (Å²) in [7, 11) is 0. The molecule has 0 aliphatic carbocycles. The Labute approximate surface area is 160 Å². The highest BCUT2D eigenvalue weighted by molar-refractivity contribution is 5.71. The molecule has 3 heterocycles. The fourth-order valence-corrected chi connectivity index (χ4v) is 2.85. The van der Waals surface area contributed by atoms with Gasteiger partial charge in [-0.3, -0.25) is 5.10 Å². The summed E-state index contributed by atoms with van der Waals surface area (Å²) >= 11 is 0. The lowest BCUT2D eigenvalue weighted by Crippen LogP contribution is -2.45. The standard InChI is InChI=1S/C19H18FN7O/c1-11-2-14(20)19(16(3-11)28-10-12-6-22-7-12)15-4-17(27-26-15)25-18-9-23-13(5-21)8-24-18/h2-4,8-9,12,22H,6-7,10H2,1H3,(H2,24,25,26,27). The summed E-state index contributed by atoms with van der Waals surface area (Å²) < 4.78 is 20.6. The van der Waals surface area contributed by atoms with Gasteiger partial charge in [-0.05, 0) is 24.6 Å². The summed E-state index contributed by atoms with van der Waals surface area (Å²) in [5.74, 6) is 1.41. The van der Waals surface area contributed by atoms with E-state index < -0.39 is 0 Å². The molecule has 0 saturated carbocycles. The van der Waals surface area contributed by atoms with E-state index in [2.05, 4.69) is 30.8 Å². The molecule has 0 bridgehead atoms. The van der Waals surface area contributed by atoms with E-state index in [1.807, 2.05) is 19.1 Å². The molecule has 0 radical (unpaired) electrons. The molecular formula is C19H18FN7O. The molecule has 1 aromatic carbocycles. The van der Waals surface area contributed by atoms with Gasteiger partial charge in [0.1, 0.15) is 23.5 Å². The van der Waals surface area contributed by atoms with Crippen molar-refractivity contribution in [3.05, 3.63) is 47.7 Å². The van der Waals surface area contributed by atoms with Crippen LogP contribution in [-0.4, -0.2) is 39.9 Å². The Morgan fingerprint density at radius 1 is 1.25 bits per heavy atom. The minimum Gasteiger partial charge on any atom is -0.492 e. The first-order chi connectivity index (χ1) is 13.6. The van der Waals surface area contributed by atoms with Crippen LogP contribution in [0.2, 0.25) is 0 Å². The SMILES string of the molecule is Cc1cc(F)c(-c2cc(Nc3cnc(C#N)cn3)n[nH]2)c(OCC2CNC2)c1. The number of anilines is 2. The summed E-state index contributed by atoms with van der Waals surface area (Å²) in [4.78, 5) is 8.02. The normalized spacial score (nSPS) is 13.6. The zero-order valence-corrected chi connectivity index (χ0v) is 15.2. The lowest BCUT2D eigenvalue weighted by atomic mass is 10.0. The molecule has 28 heavy (non-hydrogen) atoms. The maximum atomic E-state index is 14.7. The molecule has 2 aromatic heterocycles. The number of aromatic amines is 1. The number of nitrogens with zero attached hydrogens (tertiary/aromatic N) is 4. The number of nitriles is 1. The number of halogens is 1. The third-order valence-electron chi connectivity index (χ3n) is 4.41. The second-order valence-corrected chi connectivity index (χ2v) is 6.65. The first kappa shape index (κ1) is 17.9. The second kappa shape index (κ2) is 7.62. The van der Waals surface area contributed by atoms with Gasteiger partial charge in [0.25, 0.3) is 0 Å². The van der Waals surface area contributed by atoms with Crippen molar-refractivity contribution in [2.45, 2.75) is 6.92 Å². The number of benzene rings is 1. The van der Waals surface area contributed by atoms with Gasteiger partial charge in [-0.25, -0.2) is 14.4 Å². The third-order valence-corrected chi connectivity index (χ3v) is 4.41. The molecule has 0 spiro atoms.